The van der Waals surface area contributed by atoms with E-state index < -0.39 is 0 Å². The van der Waals surface area contributed by atoms with Gasteiger partial charge in [-0.2, -0.15) is 0 Å². The Morgan fingerprint density at radius 2 is 2.06 bits per heavy atom. The Balaban J connectivity index is 1.82. The van der Waals surface area contributed by atoms with E-state index in [1.165, 1.54) is 44.2 Å². The third-order valence-corrected chi connectivity index (χ3v) is 4.69. The molecule has 0 saturated heterocycles. The maximum Gasteiger partial charge on any atom is 0.0948 e. The maximum atomic E-state index is 4.36. The van der Waals surface area contributed by atoms with E-state index >= 15 is 0 Å². The molecule has 2 aliphatic carbocycles. The Morgan fingerprint density at radius 3 is 2.65 bits per heavy atom. The number of hydrogen-bond acceptors (Lipinski definition) is 2. The molecule has 1 heterocycles. The van der Waals surface area contributed by atoms with Crippen LogP contribution < -0.4 is 0 Å². The average Bonchev–Trinajstić information content (AvgIpc) is 2.86. The first-order chi connectivity index (χ1) is 8.21. The molecule has 0 aliphatic heterocycles. The molecule has 0 N–H and O–H groups in total. The highest BCUT2D eigenvalue weighted by Gasteiger charge is 2.37. The summed E-state index contributed by atoms with van der Waals surface area (Å²) in [7, 11) is 4.47. The summed E-state index contributed by atoms with van der Waals surface area (Å²) < 4.78 is 2.42. The fourth-order valence-corrected chi connectivity index (χ4v) is 3.28. The zero-order valence-corrected chi connectivity index (χ0v) is 11.0. The fraction of sp³-hybridized carbons (Fsp3) is 0.786. The van der Waals surface area contributed by atoms with Crippen LogP contribution >= 0.6 is 0 Å². The second kappa shape index (κ2) is 4.13. The van der Waals surface area contributed by atoms with Crippen molar-refractivity contribution in [2.75, 3.05) is 14.1 Å². The first-order valence-electron chi connectivity index (χ1n) is 6.89. The second-order valence-corrected chi connectivity index (χ2v) is 6.05. The topological polar surface area (TPSA) is 21.1 Å². The molecule has 2 aliphatic rings. The van der Waals surface area contributed by atoms with Gasteiger partial charge in [0.25, 0.3) is 0 Å². The molecule has 0 unspecified atom stereocenters. The summed E-state index contributed by atoms with van der Waals surface area (Å²) in [6.07, 6.45) is 12.3. The van der Waals surface area contributed by atoms with Gasteiger partial charge in [-0.15, -0.1) is 0 Å². The van der Waals surface area contributed by atoms with Crippen molar-refractivity contribution in [3.05, 3.63) is 18.2 Å². The Bertz CT molecular complexity index is 384. The third kappa shape index (κ3) is 2.01. The van der Waals surface area contributed by atoms with Crippen molar-refractivity contribution < 1.29 is 0 Å². The normalized spacial score (nSPS) is 23.5. The average molecular weight is 233 g/mol. The van der Waals surface area contributed by atoms with Crippen LogP contribution in [0.15, 0.2) is 12.5 Å². The number of imidazole rings is 1. The molecule has 0 radical (unpaired) electrons. The summed E-state index contributed by atoms with van der Waals surface area (Å²) in [5.74, 6) is 0.804. The molecular weight excluding hydrogens is 210 g/mol. The van der Waals surface area contributed by atoms with Crippen LogP contribution in [0, 0.1) is 0 Å². The summed E-state index contributed by atoms with van der Waals surface area (Å²) in [6, 6.07) is 0. The van der Waals surface area contributed by atoms with Crippen molar-refractivity contribution in [1.29, 1.82) is 0 Å². The van der Waals surface area contributed by atoms with Gasteiger partial charge in [-0.1, -0.05) is 12.8 Å². The molecular formula is C14H23N3. The van der Waals surface area contributed by atoms with E-state index in [2.05, 4.69) is 34.7 Å². The molecule has 94 valence electrons. The zero-order chi connectivity index (χ0) is 11.9. The van der Waals surface area contributed by atoms with Crippen molar-refractivity contribution in [2.24, 2.45) is 0 Å². The van der Waals surface area contributed by atoms with E-state index in [0.29, 0.717) is 5.54 Å². The van der Waals surface area contributed by atoms with E-state index in [4.69, 9.17) is 0 Å². The molecule has 3 rings (SSSR count). The zero-order valence-electron chi connectivity index (χ0n) is 11.0. The van der Waals surface area contributed by atoms with Crippen molar-refractivity contribution in [3.8, 4) is 0 Å². The van der Waals surface area contributed by atoms with Crippen LogP contribution in [0.2, 0.25) is 0 Å². The number of likely N-dealkylation sites (N-methyl/N-ethyl adjacent to an activating group) is 1. The Labute approximate surface area is 104 Å². The van der Waals surface area contributed by atoms with Crippen LogP contribution in [0.25, 0.3) is 0 Å². The highest BCUT2D eigenvalue weighted by molar-refractivity contribution is 5.13. The molecule has 1 aromatic rings. The summed E-state index contributed by atoms with van der Waals surface area (Å²) in [6.45, 7) is 1.13. The summed E-state index contributed by atoms with van der Waals surface area (Å²) in [5, 5.41) is 0. The van der Waals surface area contributed by atoms with Gasteiger partial charge < -0.3 is 9.47 Å². The minimum Gasteiger partial charge on any atom is -0.332 e. The van der Waals surface area contributed by atoms with Crippen LogP contribution in [0.4, 0.5) is 0 Å². The fourth-order valence-electron chi connectivity index (χ4n) is 3.28. The monoisotopic (exact) mass is 233 g/mol. The number of rotatable bonds is 4. The van der Waals surface area contributed by atoms with Crippen molar-refractivity contribution in [1.82, 2.24) is 14.5 Å². The molecule has 0 aromatic carbocycles. The van der Waals surface area contributed by atoms with Crippen LogP contribution in [0.1, 0.15) is 50.1 Å². The van der Waals surface area contributed by atoms with Crippen molar-refractivity contribution in [3.63, 3.8) is 0 Å². The lowest BCUT2D eigenvalue weighted by molar-refractivity contribution is 0.133. The maximum absolute atomic E-state index is 4.36. The highest BCUT2D eigenvalue weighted by atomic mass is 15.2. The van der Waals surface area contributed by atoms with E-state index in [-0.39, 0.29) is 0 Å². The SMILES string of the molecule is CN(C)C1(Cn2cncc2C2CC2)CCCC1. The van der Waals surface area contributed by atoms with Crippen molar-refractivity contribution >= 4 is 0 Å². The summed E-state index contributed by atoms with van der Waals surface area (Å²) in [4.78, 5) is 6.80. The first kappa shape index (κ1) is 11.3. The van der Waals surface area contributed by atoms with E-state index in [0.717, 1.165) is 12.5 Å². The smallest absolute Gasteiger partial charge is 0.0948 e. The molecule has 1 aromatic heterocycles. The third-order valence-electron chi connectivity index (χ3n) is 4.69. The molecule has 0 bridgehead atoms. The van der Waals surface area contributed by atoms with Gasteiger partial charge in [-0.25, -0.2) is 4.98 Å². The molecule has 2 saturated carbocycles. The lowest BCUT2D eigenvalue weighted by Gasteiger charge is -2.37. The van der Waals surface area contributed by atoms with Gasteiger partial charge in [0.15, 0.2) is 0 Å². The van der Waals surface area contributed by atoms with Gasteiger partial charge >= 0.3 is 0 Å². The van der Waals surface area contributed by atoms with E-state index in [9.17, 15) is 0 Å². The minimum atomic E-state index is 0.379. The van der Waals surface area contributed by atoms with Crippen LogP contribution in [0.5, 0.6) is 0 Å². The van der Waals surface area contributed by atoms with Crippen LogP contribution in [-0.2, 0) is 6.54 Å². The van der Waals surface area contributed by atoms with Gasteiger partial charge in [-0.3, -0.25) is 0 Å². The Hall–Kier alpha value is -0.830. The highest BCUT2D eigenvalue weighted by Crippen LogP contribution is 2.41. The van der Waals surface area contributed by atoms with Gasteiger partial charge in [0.2, 0.25) is 0 Å². The number of hydrogen-bond donors (Lipinski definition) is 0. The second-order valence-electron chi connectivity index (χ2n) is 6.05. The quantitative estimate of drug-likeness (QED) is 0.797. The number of nitrogens with zero attached hydrogens (tertiary/aromatic N) is 3. The standard InChI is InChI=1S/C14H23N3/c1-16(2)14(7-3-4-8-14)10-17-11-15-9-13(17)12-5-6-12/h9,11-12H,3-8,10H2,1-2H3. The van der Waals surface area contributed by atoms with Crippen LogP contribution in [0.3, 0.4) is 0 Å². The largest absolute Gasteiger partial charge is 0.332 e. The molecule has 3 heteroatoms. The summed E-state index contributed by atoms with van der Waals surface area (Å²) in [5.41, 5.74) is 1.85. The molecule has 0 atom stereocenters. The van der Waals surface area contributed by atoms with Crippen LogP contribution in [-0.4, -0.2) is 34.1 Å². The van der Waals surface area contributed by atoms with E-state index in [1.807, 2.05) is 6.33 Å². The number of aromatic nitrogens is 2. The molecule has 17 heavy (non-hydrogen) atoms. The van der Waals surface area contributed by atoms with Gasteiger partial charge in [-0.05, 0) is 39.8 Å². The van der Waals surface area contributed by atoms with Gasteiger partial charge in [0.1, 0.15) is 0 Å². The lowest BCUT2D eigenvalue weighted by atomic mass is 9.95. The summed E-state index contributed by atoms with van der Waals surface area (Å²) >= 11 is 0. The molecule has 0 spiro atoms. The molecule has 0 amide bonds. The minimum absolute atomic E-state index is 0.379. The Morgan fingerprint density at radius 1 is 1.35 bits per heavy atom. The van der Waals surface area contributed by atoms with Gasteiger partial charge in [0, 0.05) is 29.9 Å². The lowest BCUT2D eigenvalue weighted by Crippen LogP contribution is -2.45. The molecule has 3 nitrogen and oxygen atoms in total. The van der Waals surface area contributed by atoms with Gasteiger partial charge in [0.05, 0.1) is 6.33 Å². The van der Waals surface area contributed by atoms with E-state index in [1.54, 1.807) is 0 Å². The Kier molecular flexibility index (Phi) is 2.74. The first-order valence-corrected chi connectivity index (χ1v) is 6.89. The molecule has 2 fully saturated rings. The predicted octanol–water partition coefficient (Wildman–Crippen LogP) is 2.63. The van der Waals surface area contributed by atoms with Crippen molar-refractivity contribution in [2.45, 2.75) is 56.5 Å². The predicted molar refractivity (Wildman–Crippen MR) is 69.1 cm³/mol.